The molecule has 4 heteroatoms. The number of nitrogens with zero attached hydrogens (tertiary/aromatic N) is 1. The number of aromatic amines is 1. The number of rotatable bonds is 2. The van der Waals surface area contributed by atoms with Gasteiger partial charge in [-0.05, 0) is 26.3 Å². The molecule has 90 valence electrons. The molecule has 1 saturated heterocycles. The third kappa shape index (κ3) is 1.89. The normalized spacial score (nSPS) is 20.2. The van der Waals surface area contributed by atoms with Gasteiger partial charge in [-0.3, -0.25) is 4.79 Å². The zero-order chi connectivity index (χ0) is 11.8. The van der Waals surface area contributed by atoms with Gasteiger partial charge in [-0.15, -0.1) is 0 Å². The number of hydrogen-bond acceptors (Lipinski definition) is 2. The molecule has 3 heterocycles. The molecule has 1 fully saturated rings. The minimum absolute atomic E-state index is 0.0526. The topological polar surface area (TPSA) is 49.3 Å². The molecule has 0 spiro atoms. The number of hydrogen-bond donors (Lipinski definition) is 2. The smallest absolute Gasteiger partial charge is 0.183 e. The van der Waals surface area contributed by atoms with Gasteiger partial charge in [-0.1, -0.05) is 0 Å². The summed E-state index contributed by atoms with van der Waals surface area (Å²) in [5.74, 6) is 0. The van der Waals surface area contributed by atoms with Crippen LogP contribution in [0, 0.1) is 6.92 Å². The summed E-state index contributed by atoms with van der Waals surface area (Å²) in [6.07, 6.45) is 5.37. The molecular formula is C13H17N3O. The van der Waals surface area contributed by atoms with Crippen LogP contribution < -0.4 is 10.7 Å². The van der Waals surface area contributed by atoms with Crippen LogP contribution in [0.15, 0.2) is 23.1 Å². The van der Waals surface area contributed by atoms with Gasteiger partial charge in [-0.2, -0.15) is 0 Å². The monoisotopic (exact) mass is 231 g/mol. The zero-order valence-corrected chi connectivity index (χ0v) is 9.99. The second kappa shape index (κ2) is 4.04. The van der Waals surface area contributed by atoms with Crippen LogP contribution in [-0.4, -0.2) is 22.0 Å². The van der Waals surface area contributed by atoms with Crippen molar-refractivity contribution in [3.8, 4) is 0 Å². The van der Waals surface area contributed by atoms with E-state index in [1.807, 2.05) is 10.6 Å². The van der Waals surface area contributed by atoms with Crippen molar-refractivity contribution in [1.29, 1.82) is 0 Å². The van der Waals surface area contributed by atoms with Crippen LogP contribution in [0.5, 0.6) is 0 Å². The summed E-state index contributed by atoms with van der Waals surface area (Å²) in [4.78, 5) is 14.7. The van der Waals surface area contributed by atoms with Crippen molar-refractivity contribution < 1.29 is 0 Å². The number of H-pyrrole nitrogens is 1. The first-order chi connectivity index (χ1) is 8.24. The summed E-state index contributed by atoms with van der Waals surface area (Å²) in [5, 5.41) is 3.50. The van der Waals surface area contributed by atoms with Crippen LogP contribution in [-0.2, 0) is 6.42 Å². The summed E-state index contributed by atoms with van der Waals surface area (Å²) in [6.45, 7) is 3.22. The first-order valence-corrected chi connectivity index (χ1v) is 6.17. The van der Waals surface area contributed by atoms with Crippen LogP contribution in [0.3, 0.4) is 0 Å². The van der Waals surface area contributed by atoms with Crippen LogP contribution in [0.2, 0.25) is 0 Å². The first-order valence-electron chi connectivity index (χ1n) is 6.17. The zero-order valence-electron chi connectivity index (χ0n) is 9.99. The number of fused-ring (bicyclic) bond motifs is 1. The maximum absolute atomic E-state index is 11.3. The molecule has 1 atom stereocenters. The van der Waals surface area contributed by atoms with Crippen molar-refractivity contribution in [3.63, 3.8) is 0 Å². The van der Waals surface area contributed by atoms with Crippen molar-refractivity contribution >= 4 is 5.65 Å². The number of pyridine rings is 1. The van der Waals surface area contributed by atoms with Gasteiger partial charge < -0.3 is 14.7 Å². The molecule has 1 aliphatic heterocycles. The van der Waals surface area contributed by atoms with Crippen LogP contribution in [0.1, 0.15) is 24.2 Å². The number of imidazole rings is 1. The van der Waals surface area contributed by atoms with Crippen molar-refractivity contribution in [2.24, 2.45) is 0 Å². The van der Waals surface area contributed by atoms with E-state index >= 15 is 0 Å². The highest BCUT2D eigenvalue weighted by molar-refractivity contribution is 5.42. The Labute approximate surface area is 99.7 Å². The Hall–Kier alpha value is -1.55. The molecule has 0 aromatic carbocycles. The molecule has 3 rings (SSSR count). The highest BCUT2D eigenvalue weighted by atomic mass is 16.1. The average molecular weight is 231 g/mol. The molecule has 0 radical (unpaired) electrons. The Morgan fingerprint density at radius 1 is 1.53 bits per heavy atom. The molecule has 2 aromatic rings. The number of aromatic nitrogens is 2. The second-order valence-corrected chi connectivity index (χ2v) is 4.80. The maximum atomic E-state index is 11.3. The van der Waals surface area contributed by atoms with E-state index in [9.17, 15) is 4.79 Å². The fourth-order valence-electron chi connectivity index (χ4n) is 2.64. The Morgan fingerprint density at radius 2 is 2.41 bits per heavy atom. The molecule has 1 aliphatic rings. The standard InChI is InChI=1S/C13H17N3O/c1-9-12(7-10-3-2-5-14-10)15-13-8-11(17)4-6-16(9)13/h4,6,8,10,14-15H,2-3,5,7H2,1H3. The molecular weight excluding hydrogens is 214 g/mol. The SMILES string of the molecule is Cc1c(CC2CCCN2)[nH]c2cc(=O)ccn12. The van der Waals surface area contributed by atoms with E-state index in [0.29, 0.717) is 6.04 Å². The van der Waals surface area contributed by atoms with Crippen LogP contribution >= 0.6 is 0 Å². The lowest BCUT2D eigenvalue weighted by atomic mass is 10.1. The van der Waals surface area contributed by atoms with Gasteiger partial charge in [0.05, 0.1) is 0 Å². The number of aryl methyl sites for hydroxylation is 1. The molecule has 2 aromatic heterocycles. The highest BCUT2D eigenvalue weighted by Crippen LogP contribution is 2.16. The third-order valence-electron chi connectivity index (χ3n) is 3.62. The summed E-state index contributed by atoms with van der Waals surface area (Å²) in [6, 6.07) is 3.83. The van der Waals surface area contributed by atoms with Gasteiger partial charge in [0.2, 0.25) is 0 Å². The number of nitrogens with one attached hydrogen (secondary N) is 2. The lowest BCUT2D eigenvalue weighted by Gasteiger charge is -2.08. The average Bonchev–Trinajstić information content (AvgIpc) is 2.89. The fraction of sp³-hybridized carbons (Fsp3) is 0.462. The Bertz CT molecular complexity index is 590. The van der Waals surface area contributed by atoms with Gasteiger partial charge in [0.15, 0.2) is 5.43 Å². The highest BCUT2D eigenvalue weighted by Gasteiger charge is 2.17. The van der Waals surface area contributed by atoms with E-state index < -0.39 is 0 Å². The molecule has 4 nitrogen and oxygen atoms in total. The van der Waals surface area contributed by atoms with E-state index in [2.05, 4.69) is 17.2 Å². The van der Waals surface area contributed by atoms with Gasteiger partial charge in [0, 0.05) is 42.2 Å². The van der Waals surface area contributed by atoms with Gasteiger partial charge >= 0.3 is 0 Å². The molecule has 1 unspecified atom stereocenters. The predicted molar refractivity (Wildman–Crippen MR) is 67.5 cm³/mol. The Morgan fingerprint density at radius 3 is 3.18 bits per heavy atom. The molecule has 0 amide bonds. The van der Waals surface area contributed by atoms with Crippen molar-refractivity contribution in [2.45, 2.75) is 32.2 Å². The van der Waals surface area contributed by atoms with Crippen LogP contribution in [0.25, 0.3) is 5.65 Å². The predicted octanol–water partition coefficient (Wildman–Crippen LogP) is 1.23. The molecule has 0 saturated carbocycles. The van der Waals surface area contributed by atoms with E-state index in [1.54, 1.807) is 12.1 Å². The van der Waals surface area contributed by atoms with Gasteiger partial charge in [0.25, 0.3) is 0 Å². The first kappa shape index (κ1) is 10.6. The minimum Gasteiger partial charge on any atom is -0.343 e. The van der Waals surface area contributed by atoms with Gasteiger partial charge in [0.1, 0.15) is 5.65 Å². The van der Waals surface area contributed by atoms with Crippen molar-refractivity contribution in [3.05, 3.63) is 39.9 Å². The van der Waals surface area contributed by atoms with E-state index in [4.69, 9.17) is 0 Å². The summed E-state index contributed by atoms with van der Waals surface area (Å²) in [7, 11) is 0. The lowest BCUT2D eigenvalue weighted by Crippen LogP contribution is -2.24. The maximum Gasteiger partial charge on any atom is 0.183 e. The van der Waals surface area contributed by atoms with Crippen LogP contribution in [0.4, 0.5) is 0 Å². The lowest BCUT2D eigenvalue weighted by molar-refractivity contribution is 0.595. The summed E-state index contributed by atoms with van der Waals surface area (Å²) in [5.41, 5.74) is 3.38. The van der Waals surface area contributed by atoms with Gasteiger partial charge in [-0.25, -0.2) is 0 Å². The second-order valence-electron chi connectivity index (χ2n) is 4.80. The largest absolute Gasteiger partial charge is 0.343 e. The van der Waals surface area contributed by atoms with Crippen molar-refractivity contribution in [1.82, 2.24) is 14.7 Å². The fourth-order valence-corrected chi connectivity index (χ4v) is 2.64. The Kier molecular flexibility index (Phi) is 2.52. The van der Waals surface area contributed by atoms with E-state index in [1.165, 1.54) is 24.2 Å². The molecule has 0 aliphatic carbocycles. The minimum atomic E-state index is 0.0526. The summed E-state index contributed by atoms with van der Waals surface area (Å²) >= 11 is 0. The third-order valence-corrected chi connectivity index (χ3v) is 3.62. The molecule has 0 bridgehead atoms. The summed E-state index contributed by atoms with van der Waals surface area (Å²) < 4.78 is 2.05. The van der Waals surface area contributed by atoms with E-state index in [-0.39, 0.29) is 5.43 Å². The van der Waals surface area contributed by atoms with E-state index in [0.717, 1.165) is 18.6 Å². The van der Waals surface area contributed by atoms with Crippen molar-refractivity contribution in [2.75, 3.05) is 6.54 Å². The molecule has 17 heavy (non-hydrogen) atoms. The molecule has 2 N–H and O–H groups in total. The quantitative estimate of drug-likeness (QED) is 0.816. The Balaban J connectivity index is 1.98.